The molecule has 0 radical (unpaired) electrons. The molecule has 1 N–H and O–H groups in total. The minimum absolute atomic E-state index is 0.750. The molecule has 2 nitrogen and oxygen atoms in total. The van der Waals surface area contributed by atoms with Gasteiger partial charge in [-0.15, -0.1) is 6.58 Å². The van der Waals surface area contributed by atoms with Gasteiger partial charge in [0, 0.05) is 18.1 Å². The van der Waals surface area contributed by atoms with Gasteiger partial charge in [-0.2, -0.15) is 0 Å². The van der Waals surface area contributed by atoms with Crippen LogP contribution in [0.15, 0.2) is 43.1 Å². The quantitative estimate of drug-likeness (QED) is 0.565. The number of benzene rings is 1. The number of halogens is 1. The molecule has 0 amide bonds. The molecule has 0 spiro atoms. The Hall–Kier alpha value is -1.54. The standard InChI is InChI=1S/C16H19ClN2/c1-2-3-4-5-6-11-18-15-10-9-14(17)13-8-7-12-19-16(13)15/h2,7-10,12,18H,1,3-6,11H2. The monoisotopic (exact) mass is 274 g/mol. The third-order valence-corrected chi connectivity index (χ3v) is 3.45. The summed E-state index contributed by atoms with van der Waals surface area (Å²) in [6, 6.07) is 7.83. The zero-order valence-electron chi connectivity index (χ0n) is 11.0. The Labute approximate surface area is 119 Å². The normalized spacial score (nSPS) is 10.6. The number of allylic oxidation sites excluding steroid dienone is 1. The van der Waals surface area contributed by atoms with Crippen molar-refractivity contribution in [3.05, 3.63) is 48.1 Å². The second-order valence-corrected chi connectivity index (χ2v) is 4.97. The SMILES string of the molecule is C=CCCCCCNc1ccc(Cl)c2cccnc12. The fraction of sp³-hybridized carbons (Fsp3) is 0.312. The number of pyridine rings is 1. The van der Waals surface area contributed by atoms with Crippen LogP contribution >= 0.6 is 11.6 Å². The number of nitrogens with zero attached hydrogens (tertiary/aromatic N) is 1. The molecule has 0 aliphatic heterocycles. The molecule has 1 aromatic heterocycles. The van der Waals surface area contributed by atoms with Gasteiger partial charge >= 0.3 is 0 Å². The maximum atomic E-state index is 6.17. The van der Waals surface area contributed by atoms with E-state index in [4.69, 9.17) is 11.6 Å². The molecule has 0 bridgehead atoms. The molecule has 0 fully saturated rings. The Bertz CT molecular complexity index is 551. The highest BCUT2D eigenvalue weighted by molar-refractivity contribution is 6.35. The van der Waals surface area contributed by atoms with E-state index in [1.54, 1.807) is 6.20 Å². The highest BCUT2D eigenvalue weighted by Crippen LogP contribution is 2.27. The summed E-state index contributed by atoms with van der Waals surface area (Å²) in [5, 5.41) is 5.20. The van der Waals surface area contributed by atoms with E-state index in [-0.39, 0.29) is 0 Å². The van der Waals surface area contributed by atoms with Crippen molar-refractivity contribution in [2.45, 2.75) is 25.7 Å². The number of anilines is 1. The van der Waals surface area contributed by atoms with Crippen molar-refractivity contribution in [2.75, 3.05) is 11.9 Å². The summed E-state index contributed by atoms with van der Waals surface area (Å²) in [6.07, 6.45) is 8.47. The van der Waals surface area contributed by atoms with Crippen LogP contribution in [0.25, 0.3) is 10.9 Å². The third-order valence-electron chi connectivity index (χ3n) is 3.12. The van der Waals surface area contributed by atoms with Crippen LogP contribution in [0.4, 0.5) is 5.69 Å². The maximum Gasteiger partial charge on any atom is 0.0948 e. The predicted molar refractivity (Wildman–Crippen MR) is 83.9 cm³/mol. The van der Waals surface area contributed by atoms with Crippen molar-refractivity contribution in [2.24, 2.45) is 0 Å². The molecule has 0 saturated carbocycles. The van der Waals surface area contributed by atoms with Crippen molar-refractivity contribution in [1.82, 2.24) is 4.98 Å². The predicted octanol–water partition coefficient (Wildman–Crippen LogP) is 5.05. The maximum absolute atomic E-state index is 6.17. The molecule has 0 unspecified atom stereocenters. The molecule has 100 valence electrons. The first-order valence-electron chi connectivity index (χ1n) is 6.71. The fourth-order valence-corrected chi connectivity index (χ4v) is 2.31. The van der Waals surface area contributed by atoms with E-state index in [0.29, 0.717) is 0 Å². The number of aromatic nitrogens is 1. The molecule has 0 aliphatic rings. The summed E-state index contributed by atoms with van der Waals surface area (Å²) >= 11 is 6.17. The Morgan fingerprint density at radius 1 is 1.21 bits per heavy atom. The summed E-state index contributed by atoms with van der Waals surface area (Å²) in [5.74, 6) is 0. The van der Waals surface area contributed by atoms with Crippen LogP contribution in [-0.2, 0) is 0 Å². The smallest absolute Gasteiger partial charge is 0.0948 e. The second-order valence-electron chi connectivity index (χ2n) is 4.56. The molecular formula is C16H19ClN2. The molecule has 2 aromatic rings. The molecule has 1 heterocycles. The summed E-state index contributed by atoms with van der Waals surface area (Å²) in [7, 11) is 0. The lowest BCUT2D eigenvalue weighted by Gasteiger charge is -2.09. The van der Waals surface area contributed by atoms with Gasteiger partial charge in [-0.3, -0.25) is 4.98 Å². The van der Waals surface area contributed by atoms with E-state index >= 15 is 0 Å². The summed E-state index contributed by atoms with van der Waals surface area (Å²) < 4.78 is 0. The second kappa shape index (κ2) is 7.15. The first-order valence-corrected chi connectivity index (χ1v) is 7.08. The molecule has 0 atom stereocenters. The van der Waals surface area contributed by atoms with Gasteiger partial charge in [-0.1, -0.05) is 24.1 Å². The number of nitrogens with one attached hydrogen (secondary N) is 1. The third kappa shape index (κ3) is 3.71. The van der Waals surface area contributed by atoms with Crippen molar-refractivity contribution >= 4 is 28.2 Å². The van der Waals surface area contributed by atoms with E-state index in [1.807, 2.05) is 30.3 Å². The molecular weight excluding hydrogens is 256 g/mol. The lowest BCUT2D eigenvalue weighted by atomic mass is 10.1. The summed E-state index contributed by atoms with van der Waals surface area (Å²) in [5.41, 5.74) is 2.00. The lowest BCUT2D eigenvalue weighted by Crippen LogP contribution is -2.02. The van der Waals surface area contributed by atoms with Crippen molar-refractivity contribution in [3.8, 4) is 0 Å². The average Bonchev–Trinajstić information content (AvgIpc) is 2.45. The van der Waals surface area contributed by atoms with Crippen LogP contribution in [0.3, 0.4) is 0 Å². The van der Waals surface area contributed by atoms with Gasteiger partial charge in [0.1, 0.15) is 0 Å². The van der Waals surface area contributed by atoms with Crippen LogP contribution in [0, 0.1) is 0 Å². The summed E-state index contributed by atoms with van der Waals surface area (Å²) in [6.45, 7) is 4.69. The van der Waals surface area contributed by atoms with Crippen molar-refractivity contribution in [3.63, 3.8) is 0 Å². The zero-order chi connectivity index (χ0) is 13.5. The fourth-order valence-electron chi connectivity index (χ4n) is 2.09. The molecule has 2 rings (SSSR count). The number of fused-ring (bicyclic) bond motifs is 1. The number of rotatable bonds is 7. The molecule has 0 saturated heterocycles. The minimum Gasteiger partial charge on any atom is -0.383 e. The van der Waals surface area contributed by atoms with Gasteiger partial charge in [0.25, 0.3) is 0 Å². The first-order chi connectivity index (χ1) is 9.33. The Balaban J connectivity index is 1.97. The topological polar surface area (TPSA) is 24.9 Å². The highest BCUT2D eigenvalue weighted by Gasteiger charge is 2.04. The Kier molecular flexibility index (Phi) is 5.22. The zero-order valence-corrected chi connectivity index (χ0v) is 11.8. The molecule has 3 heteroatoms. The molecule has 1 aromatic carbocycles. The largest absolute Gasteiger partial charge is 0.383 e. The Morgan fingerprint density at radius 3 is 2.95 bits per heavy atom. The van der Waals surface area contributed by atoms with Gasteiger partial charge in [0.15, 0.2) is 0 Å². The van der Waals surface area contributed by atoms with E-state index in [1.165, 1.54) is 12.8 Å². The minimum atomic E-state index is 0.750. The van der Waals surface area contributed by atoms with Gasteiger partial charge in [0.2, 0.25) is 0 Å². The van der Waals surface area contributed by atoms with E-state index < -0.39 is 0 Å². The Morgan fingerprint density at radius 2 is 2.11 bits per heavy atom. The first kappa shape index (κ1) is 13.9. The van der Waals surface area contributed by atoms with Crippen molar-refractivity contribution in [1.29, 1.82) is 0 Å². The van der Waals surface area contributed by atoms with E-state index in [0.717, 1.165) is 41.0 Å². The van der Waals surface area contributed by atoms with Crippen LogP contribution in [0.5, 0.6) is 0 Å². The molecule has 0 aliphatic carbocycles. The number of hydrogen-bond acceptors (Lipinski definition) is 2. The lowest BCUT2D eigenvalue weighted by molar-refractivity contribution is 0.709. The van der Waals surface area contributed by atoms with Crippen LogP contribution < -0.4 is 5.32 Å². The van der Waals surface area contributed by atoms with Crippen LogP contribution in [-0.4, -0.2) is 11.5 Å². The van der Waals surface area contributed by atoms with Gasteiger partial charge in [0.05, 0.1) is 16.2 Å². The van der Waals surface area contributed by atoms with Gasteiger partial charge in [-0.25, -0.2) is 0 Å². The number of unbranched alkanes of at least 4 members (excludes halogenated alkanes) is 3. The van der Waals surface area contributed by atoms with E-state index in [2.05, 4.69) is 16.9 Å². The van der Waals surface area contributed by atoms with Crippen LogP contribution in [0.2, 0.25) is 5.02 Å². The van der Waals surface area contributed by atoms with E-state index in [9.17, 15) is 0 Å². The number of hydrogen-bond donors (Lipinski definition) is 1. The highest BCUT2D eigenvalue weighted by atomic mass is 35.5. The van der Waals surface area contributed by atoms with Gasteiger partial charge in [-0.05, 0) is 43.5 Å². The van der Waals surface area contributed by atoms with Gasteiger partial charge < -0.3 is 5.32 Å². The summed E-state index contributed by atoms with van der Waals surface area (Å²) in [4.78, 5) is 4.41. The van der Waals surface area contributed by atoms with Crippen LogP contribution in [0.1, 0.15) is 25.7 Å². The molecule has 19 heavy (non-hydrogen) atoms. The average molecular weight is 275 g/mol. The van der Waals surface area contributed by atoms with Crippen molar-refractivity contribution < 1.29 is 0 Å².